The summed E-state index contributed by atoms with van der Waals surface area (Å²) in [6, 6.07) is 14.6. The maximum Gasteiger partial charge on any atom is 0.335 e. The molecule has 8 nitrogen and oxygen atoms in total. The van der Waals surface area contributed by atoms with Crippen molar-refractivity contribution in [1.82, 2.24) is 5.32 Å². The fourth-order valence-electron chi connectivity index (χ4n) is 3.60. The van der Waals surface area contributed by atoms with Crippen molar-refractivity contribution in [1.29, 1.82) is 0 Å². The molecule has 0 aliphatic carbocycles. The molecule has 190 valence electrons. The Labute approximate surface area is 220 Å². The predicted octanol–water partition coefficient (Wildman–Crippen LogP) is 5.24. The van der Waals surface area contributed by atoms with E-state index in [-0.39, 0.29) is 23.7 Å². The third-order valence-corrected chi connectivity index (χ3v) is 5.96. The van der Waals surface area contributed by atoms with E-state index in [0.717, 1.165) is 10.5 Å². The van der Waals surface area contributed by atoms with Crippen LogP contribution in [0.25, 0.3) is 6.08 Å². The summed E-state index contributed by atoms with van der Waals surface area (Å²) in [6.07, 6.45) is 1.37. The van der Waals surface area contributed by atoms with Gasteiger partial charge in [-0.25, -0.2) is 14.1 Å². The van der Waals surface area contributed by atoms with Crippen LogP contribution in [0.3, 0.4) is 0 Å². The number of ether oxygens (including phenoxy) is 3. The lowest BCUT2D eigenvalue weighted by Crippen LogP contribution is -2.54. The number of barbiturate groups is 1. The second-order valence-electron chi connectivity index (χ2n) is 7.83. The van der Waals surface area contributed by atoms with E-state index in [1.807, 2.05) is 0 Å². The Morgan fingerprint density at radius 3 is 2.35 bits per heavy atom. The topological polar surface area (TPSA) is 94.2 Å². The predicted molar refractivity (Wildman–Crippen MR) is 138 cm³/mol. The minimum Gasteiger partial charge on any atom is -0.497 e. The molecule has 4 amide bonds. The van der Waals surface area contributed by atoms with Crippen molar-refractivity contribution in [3.8, 4) is 17.2 Å². The molecule has 1 heterocycles. The van der Waals surface area contributed by atoms with E-state index in [2.05, 4.69) is 21.2 Å². The summed E-state index contributed by atoms with van der Waals surface area (Å²) in [6.45, 7) is 2.30. The van der Waals surface area contributed by atoms with Crippen molar-refractivity contribution in [2.24, 2.45) is 0 Å². The van der Waals surface area contributed by atoms with Gasteiger partial charge in [0.2, 0.25) is 0 Å². The van der Waals surface area contributed by atoms with E-state index in [9.17, 15) is 18.8 Å². The molecule has 0 atom stereocenters. The molecule has 1 N–H and O–H groups in total. The van der Waals surface area contributed by atoms with Gasteiger partial charge < -0.3 is 14.2 Å². The van der Waals surface area contributed by atoms with Crippen molar-refractivity contribution in [3.05, 3.63) is 87.7 Å². The molecule has 3 aromatic carbocycles. The first-order valence-electron chi connectivity index (χ1n) is 11.2. The van der Waals surface area contributed by atoms with Gasteiger partial charge in [-0.1, -0.05) is 12.1 Å². The summed E-state index contributed by atoms with van der Waals surface area (Å²) in [5.41, 5.74) is 1.27. The van der Waals surface area contributed by atoms with Gasteiger partial charge in [-0.2, -0.15) is 0 Å². The van der Waals surface area contributed by atoms with Gasteiger partial charge in [0.25, 0.3) is 11.8 Å². The molecular formula is C27H22BrFN2O6. The first kappa shape index (κ1) is 25.9. The van der Waals surface area contributed by atoms with Crippen LogP contribution in [-0.4, -0.2) is 31.6 Å². The van der Waals surface area contributed by atoms with Crippen LogP contribution in [0.15, 0.2) is 70.7 Å². The summed E-state index contributed by atoms with van der Waals surface area (Å²) in [5, 5.41) is 2.20. The molecule has 0 unspecified atom stereocenters. The number of carbonyl (C=O) groups is 3. The molecule has 4 rings (SSSR count). The number of halogens is 2. The van der Waals surface area contributed by atoms with Crippen molar-refractivity contribution in [2.45, 2.75) is 13.5 Å². The van der Waals surface area contributed by atoms with Crippen molar-refractivity contribution in [2.75, 3.05) is 18.6 Å². The summed E-state index contributed by atoms with van der Waals surface area (Å²) < 4.78 is 30.5. The number of hydrogen-bond acceptors (Lipinski definition) is 6. The van der Waals surface area contributed by atoms with Crippen LogP contribution in [-0.2, 0) is 16.2 Å². The first-order chi connectivity index (χ1) is 17.8. The zero-order valence-corrected chi connectivity index (χ0v) is 21.5. The molecular weight excluding hydrogens is 547 g/mol. The van der Waals surface area contributed by atoms with Crippen molar-refractivity contribution >= 4 is 45.5 Å². The van der Waals surface area contributed by atoms with Gasteiger partial charge in [0.1, 0.15) is 23.7 Å². The highest BCUT2D eigenvalue weighted by atomic mass is 79.9. The van der Waals surface area contributed by atoms with E-state index in [0.29, 0.717) is 33.9 Å². The van der Waals surface area contributed by atoms with Crippen LogP contribution in [0.1, 0.15) is 18.1 Å². The van der Waals surface area contributed by atoms with Crippen molar-refractivity contribution < 1.29 is 33.0 Å². The molecule has 0 aromatic heterocycles. The monoisotopic (exact) mass is 568 g/mol. The number of carbonyl (C=O) groups excluding carboxylic acids is 3. The number of nitrogens with one attached hydrogen (secondary N) is 1. The number of benzene rings is 3. The largest absolute Gasteiger partial charge is 0.497 e. The second-order valence-corrected chi connectivity index (χ2v) is 8.69. The highest BCUT2D eigenvalue weighted by molar-refractivity contribution is 9.10. The Bertz CT molecular complexity index is 1370. The minimum absolute atomic E-state index is 0.166. The third kappa shape index (κ3) is 5.80. The Morgan fingerprint density at radius 2 is 1.70 bits per heavy atom. The summed E-state index contributed by atoms with van der Waals surface area (Å²) in [7, 11) is 1.50. The van der Waals surface area contributed by atoms with Crippen LogP contribution in [0.5, 0.6) is 17.2 Å². The van der Waals surface area contributed by atoms with E-state index in [1.54, 1.807) is 55.5 Å². The molecule has 0 spiro atoms. The van der Waals surface area contributed by atoms with Crippen LogP contribution < -0.4 is 24.4 Å². The fraction of sp³-hybridized carbons (Fsp3) is 0.148. The fourth-order valence-corrected chi connectivity index (χ4v) is 4.17. The Kier molecular flexibility index (Phi) is 7.88. The zero-order chi connectivity index (χ0) is 26.5. The lowest BCUT2D eigenvalue weighted by molar-refractivity contribution is -0.122. The first-order valence-corrected chi connectivity index (χ1v) is 12.0. The highest BCUT2D eigenvalue weighted by Crippen LogP contribution is 2.38. The van der Waals surface area contributed by atoms with E-state index < -0.39 is 17.8 Å². The normalized spacial score (nSPS) is 14.5. The Hall–Kier alpha value is -4.18. The standard InChI is InChI=1S/C27H22BrFN2O6/c1-3-36-23-14-17(13-22(28)24(23)37-15-16-4-6-18(29)7-5-16)12-21-25(32)30-27(34)31(26(21)33)19-8-10-20(35-2)11-9-19/h4-14H,3,15H2,1-2H3,(H,30,32,34)/b21-12+. The van der Waals surface area contributed by atoms with E-state index >= 15 is 0 Å². The molecule has 1 fully saturated rings. The number of rotatable bonds is 8. The summed E-state index contributed by atoms with van der Waals surface area (Å²) in [5.74, 6) is -0.600. The molecule has 1 aliphatic heterocycles. The maximum absolute atomic E-state index is 13.2. The lowest BCUT2D eigenvalue weighted by atomic mass is 10.1. The number of methoxy groups -OCH3 is 1. The van der Waals surface area contributed by atoms with Gasteiger partial charge in [0.15, 0.2) is 11.5 Å². The number of anilines is 1. The highest BCUT2D eigenvalue weighted by Gasteiger charge is 2.37. The number of nitrogens with zero attached hydrogens (tertiary/aromatic N) is 1. The smallest absolute Gasteiger partial charge is 0.335 e. The Balaban J connectivity index is 1.64. The van der Waals surface area contributed by atoms with E-state index in [4.69, 9.17) is 14.2 Å². The molecule has 10 heteroatoms. The van der Waals surface area contributed by atoms with Gasteiger partial charge in [-0.05, 0) is 88.6 Å². The second kappa shape index (κ2) is 11.3. The lowest BCUT2D eigenvalue weighted by Gasteiger charge is -2.26. The number of imide groups is 2. The molecule has 0 saturated carbocycles. The van der Waals surface area contributed by atoms with Gasteiger partial charge in [0.05, 0.1) is 23.9 Å². The SMILES string of the molecule is CCOc1cc(/C=C2\C(=O)NC(=O)N(c3ccc(OC)cc3)C2=O)cc(Br)c1OCc1ccc(F)cc1. The van der Waals surface area contributed by atoms with Gasteiger partial charge in [-0.15, -0.1) is 0 Å². The zero-order valence-electron chi connectivity index (χ0n) is 19.9. The minimum atomic E-state index is -0.849. The van der Waals surface area contributed by atoms with Crippen LogP contribution in [0.4, 0.5) is 14.9 Å². The molecule has 1 aliphatic rings. The summed E-state index contributed by atoms with van der Waals surface area (Å²) in [4.78, 5) is 39.1. The van der Waals surface area contributed by atoms with Gasteiger partial charge >= 0.3 is 6.03 Å². The number of urea groups is 1. The molecule has 37 heavy (non-hydrogen) atoms. The average molecular weight is 569 g/mol. The molecule has 3 aromatic rings. The third-order valence-electron chi connectivity index (χ3n) is 5.37. The van der Waals surface area contributed by atoms with Crippen LogP contribution >= 0.6 is 15.9 Å². The molecule has 1 saturated heterocycles. The average Bonchev–Trinajstić information content (AvgIpc) is 2.87. The van der Waals surface area contributed by atoms with Gasteiger partial charge in [0, 0.05) is 0 Å². The Morgan fingerprint density at radius 1 is 1.00 bits per heavy atom. The van der Waals surface area contributed by atoms with Crippen molar-refractivity contribution in [3.63, 3.8) is 0 Å². The van der Waals surface area contributed by atoms with Crippen LogP contribution in [0.2, 0.25) is 0 Å². The molecule has 0 bridgehead atoms. The number of hydrogen-bond donors (Lipinski definition) is 1. The quantitative estimate of drug-likeness (QED) is 0.295. The van der Waals surface area contributed by atoms with E-state index in [1.165, 1.54) is 25.3 Å². The van der Waals surface area contributed by atoms with Crippen LogP contribution in [0, 0.1) is 5.82 Å². The summed E-state index contributed by atoms with van der Waals surface area (Å²) >= 11 is 3.46. The van der Waals surface area contributed by atoms with Gasteiger partial charge in [-0.3, -0.25) is 14.9 Å². The molecule has 0 radical (unpaired) electrons. The maximum atomic E-state index is 13.2. The number of amides is 4.